The molecule has 0 saturated carbocycles. The van der Waals surface area contributed by atoms with E-state index < -0.39 is 53.8 Å². The van der Waals surface area contributed by atoms with Crippen molar-refractivity contribution in [1.29, 1.82) is 0 Å². The Morgan fingerprint density at radius 3 is 1.94 bits per heavy atom. The number of nitrogens with one attached hydrogen (secondary N) is 3. The van der Waals surface area contributed by atoms with E-state index in [1.165, 1.54) is 0 Å². The van der Waals surface area contributed by atoms with Crippen LogP contribution in [0.4, 0.5) is 0 Å². The van der Waals surface area contributed by atoms with E-state index in [9.17, 15) is 29.1 Å². The molecule has 35 heavy (non-hydrogen) atoms. The van der Waals surface area contributed by atoms with E-state index in [0.717, 1.165) is 0 Å². The third-order valence-electron chi connectivity index (χ3n) is 5.73. The van der Waals surface area contributed by atoms with E-state index in [1.807, 2.05) is 20.8 Å². The minimum atomic E-state index is -1.17. The summed E-state index contributed by atoms with van der Waals surface area (Å²) in [5.41, 5.74) is 16.4. The summed E-state index contributed by atoms with van der Waals surface area (Å²) in [5.74, 6) is -3.82. The summed E-state index contributed by atoms with van der Waals surface area (Å²) in [6, 6.07) is -4.10. The second-order valence-electron chi connectivity index (χ2n) is 9.36. The summed E-state index contributed by atoms with van der Waals surface area (Å²) in [5, 5.41) is 17.3. The van der Waals surface area contributed by atoms with E-state index in [4.69, 9.17) is 17.2 Å². The SMILES string of the molecule is CCC(C)C(NC(=O)C(CC(C)C)NC(=O)C(N)CCC(N)=O)C(=O)NC(CCCCN)C(=O)O. The molecule has 4 amide bonds. The number of hydrogen-bond acceptors (Lipinski definition) is 7. The lowest BCUT2D eigenvalue weighted by Crippen LogP contribution is -2.58. The van der Waals surface area contributed by atoms with Gasteiger partial charge in [-0.3, -0.25) is 19.2 Å². The molecule has 0 fully saturated rings. The van der Waals surface area contributed by atoms with Crippen LogP contribution in [0.2, 0.25) is 0 Å². The standard InChI is InChI=1S/C23H44N6O6/c1-5-14(4)19(22(33)27-16(23(34)35)8-6-7-11-24)29-21(32)17(12-13(2)3)28-20(31)15(25)9-10-18(26)30/h13-17,19H,5-12,24-25H2,1-4H3,(H2,26,30)(H,27,33)(H,28,31)(H,29,32)(H,34,35). The van der Waals surface area contributed by atoms with Gasteiger partial charge in [-0.1, -0.05) is 34.1 Å². The van der Waals surface area contributed by atoms with Crippen LogP contribution in [0.5, 0.6) is 0 Å². The Kier molecular flexibility index (Phi) is 15.5. The summed E-state index contributed by atoms with van der Waals surface area (Å²) < 4.78 is 0. The van der Waals surface area contributed by atoms with Gasteiger partial charge in [-0.15, -0.1) is 0 Å². The normalized spacial score (nSPS) is 15.4. The van der Waals surface area contributed by atoms with E-state index in [2.05, 4.69) is 16.0 Å². The predicted octanol–water partition coefficient (Wildman–Crippen LogP) is -0.661. The van der Waals surface area contributed by atoms with Crippen LogP contribution in [0.25, 0.3) is 0 Å². The van der Waals surface area contributed by atoms with Gasteiger partial charge < -0.3 is 38.3 Å². The molecular formula is C23H44N6O6. The Balaban J connectivity index is 5.48. The minimum Gasteiger partial charge on any atom is -0.480 e. The van der Waals surface area contributed by atoms with Gasteiger partial charge in [-0.2, -0.15) is 0 Å². The molecule has 0 aromatic rings. The lowest BCUT2D eigenvalue weighted by Gasteiger charge is -2.28. The number of primary amides is 1. The highest BCUT2D eigenvalue weighted by Gasteiger charge is 2.32. The third-order valence-corrected chi connectivity index (χ3v) is 5.73. The average Bonchev–Trinajstić information content (AvgIpc) is 2.78. The molecule has 10 N–H and O–H groups in total. The van der Waals surface area contributed by atoms with Crippen LogP contribution in [0, 0.1) is 11.8 Å². The zero-order valence-corrected chi connectivity index (χ0v) is 21.3. The van der Waals surface area contributed by atoms with Crippen LogP contribution in [-0.4, -0.2) is 65.4 Å². The predicted molar refractivity (Wildman–Crippen MR) is 132 cm³/mol. The van der Waals surface area contributed by atoms with Crippen molar-refractivity contribution < 1.29 is 29.1 Å². The van der Waals surface area contributed by atoms with Gasteiger partial charge in [-0.05, 0) is 50.5 Å². The Morgan fingerprint density at radius 1 is 0.857 bits per heavy atom. The van der Waals surface area contributed by atoms with Gasteiger partial charge in [0, 0.05) is 6.42 Å². The van der Waals surface area contributed by atoms with E-state index >= 15 is 0 Å². The maximum atomic E-state index is 13.1. The summed E-state index contributed by atoms with van der Waals surface area (Å²) >= 11 is 0. The average molecular weight is 501 g/mol. The number of unbranched alkanes of at least 4 members (excludes halogenated alkanes) is 1. The summed E-state index contributed by atoms with van der Waals surface area (Å²) in [6.07, 6.45) is 2.18. The van der Waals surface area contributed by atoms with Gasteiger partial charge in [0.1, 0.15) is 18.1 Å². The van der Waals surface area contributed by atoms with Crippen LogP contribution in [0.1, 0.15) is 72.6 Å². The molecule has 0 saturated heterocycles. The zero-order valence-electron chi connectivity index (χ0n) is 21.3. The monoisotopic (exact) mass is 500 g/mol. The molecule has 5 atom stereocenters. The van der Waals surface area contributed by atoms with E-state index in [0.29, 0.717) is 25.8 Å². The number of carboxylic acids is 1. The first-order valence-corrected chi connectivity index (χ1v) is 12.2. The molecule has 0 bridgehead atoms. The molecule has 12 heteroatoms. The number of amides is 4. The highest BCUT2D eigenvalue weighted by molar-refractivity contribution is 5.94. The van der Waals surface area contributed by atoms with Crippen molar-refractivity contribution in [2.24, 2.45) is 29.0 Å². The Bertz CT molecular complexity index is 717. The highest BCUT2D eigenvalue weighted by atomic mass is 16.4. The van der Waals surface area contributed by atoms with Gasteiger partial charge in [0.25, 0.3) is 0 Å². The zero-order chi connectivity index (χ0) is 27.1. The molecule has 0 aliphatic heterocycles. The van der Waals surface area contributed by atoms with Crippen molar-refractivity contribution in [2.45, 2.75) is 96.8 Å². The van der Waals surface area contributed by atoms with Crippen molar-refractivity contribution in [1.82, 2.24) is 16.0 Å². The van der Waals surface area contributed by atoms with Crippen LogP contribution >= 0.6 is 0 Å². The van der Waals surface area contributed by atoms with Crippen molar-refractivity contribution >= 4 is 29.6 Å². The lowest BCUT2D eigenvalue weighted by molar-refractivity contribution is -0.143. The summed E-state index contributed by atoms with van der Waals surface area (Å²) in [7, 11) is 0. The topological polar surface area (TPSA) is 220 Å². The van der Waals surface area contributed by atoms with Gasteiger partial charge in [-0.25, -0.2) is 4.79 Å². The van der Waals surface area contributed by atoms with Crippen LogP contribution in [0.3, 0.4) is 0 Å². The molecule has 202 valence electrons. The van der Waals surface area contributed by atoms with Crippen LogP contribution in [0.15, 0.2) is 0 Å². The van der Waals surface area contributed by atoms with Gasteiger partial charge in [0.15, 0.2) is 0 Å². The first kappa shape index (κ1) is 32.3. The lowest BCUT2D eigenvalue weighted by atomic mass is 9.96. The molecule has 0 rings (SSSR count). The molecule has 0 aliphatic carbocycles. The number of carbonyl (C=O) groups is 5. The molecule has 5 unspecified atom stereocenters. The first-order chi connectivity index (χ1) is 16.3. The quantitative estimate of drug-likeness (QED) is 0.119. The molecule has 12 nitrogen and oxygen atoms in total. The maximum Gasteiger partial charge on any atom is 0.326 e. The Labute approximate surface area is 207 Å². The fourth-order valence-electron chi connectivity index (χ4n) is 3.38. The third kappa shape index (κ3) is 13.1. The van der Waals surface area contributed by atoms with Crippen molar-refractivity contribution in [3.8, 4) is 0 Å². The second kappa shape index (κ2) is 16.8. The van der Waals surface area contributed by atoms with Crippen molar-refractivity contribution in [2.75, 3.05) is 6.54 Å². The highest BCUT2D eigenvalue weighted by Crippen LogP contribution is 2.12. The Morgan fingerprint density at radius 2 is 1.46 bits per heavy atom. The number of nitrogens with two attached hydrogens (primary N) is 3. The van der Waals surface area contributed by atoms with Crippen molar-refractivity contribution in [3.05, 3.63) is 0 Å². The number of carbonyl (C=O) groups excluding carboxylic acids is 4. The largest absolute Gasteiger partial charge is 0.480 e. The number of aliphatic carboxylic acids is 1. The molecule has 0 aliphatic rings. The molecule has 0 aromatic heterocycles. The number of rotatable bonds is 18. The molecule has 0 radical (unpaired) electrons. The van der Waals surface area contributed by atoms with Gasteiger partial charge in [0.05, 0.1) is 6.04 Å². The maximum absolute atomic E-state index is 13.1. The Hall–Kier alpha value is -2.73. The molecule has 0 aromatic carbocycles. The second-order valence-corrected chi connectivity index (χ2v) is 9.36. The fourth-order valence-corrected chi connectivity index (χ4v) is 3.38. The molecule has 0 heterocycles. The minimum absolute atomic E-state index is 0.0303. The van der Waals surface area contributed by atoms with Crippen molar-refractivity contribution in [3.63, 3.8) is 0 Å². The number of hydrogen-bond donors (Lipinski definition) is 7. The van der Waals surface area contributed by atoms with Gasteiger partial charge in [0.2, 0.25) is 23.6 Å². The summed E-state index contributed by atoms with van der Waals surface area (Å²) in [6.45, 7) is 7.78. The van der Waals surface area contributed by atoms with E-state index in [1.54, 1.807) is 6.92 Å². The van der Waals surface area contributed by atoms with Crippen LogP contribution < -0.4 is 33.2 Å². The van der Waals surface area contributed by atoms with Crippen LogP contribution in [-0.2, 0) is 24.0 Å². The number of carboxylic acid groups (broad SMARTS) is 1. The molecular weight excluding hydrogens is 456 g/mol. The summed E-state index contributed by atoms with van der Waals surface area (Å²) in [4.78, 5) is 61.2. The molecule has 0 spiro atoms. The first-order valence-electron chi connectivity index (χ1n) is 12.2. The smallest absolute Gasteiger partial charge is 0.326 e. The fraction of sp³-hybridized carbons (Fsp3) is 0.783. The van der Waals surface area contributed by atoms with Gasteiger partial charge >= 0.3 is 5.97 Å². The van der Waals surface area contributed by atoms with E-state index in [-0.39, 0.29) is 37.5 Å².